The Morgan fingerprint density at radius 2 is 2.14 bits per heavy atom. The predicted molar refractivity (Wildman–Crippen MR) is 58.5 cm³/mol. The lowest BCUT2D eigenvalue weighted by molar-refractivity contribution is 0.157. The molecule has 1 fully saturated rings. The van der Waals surface area contributed by atoms with E-state index in [-0.39, 0.29) is 0 Å². The molecule has 74 valence electrons. The molecule has 1 aliphatic carbocycles. The van der Waals surface area contributed by atoms with Crippen LogP contribution in [-0.4, -0.2) is 24.5 Å². The number of hydrogen-bond donors (Lipinski definition) is 0. The molecular weight excluding hydrogens is 170 g/mol. The number of nitrogens with zero attached hydrogens (tertiary/aromatic N) is 1. The quantitative estimate of drug-likeness (QED) is 0.603. The SMILES string of the molecule is CN1CC[C@@H]2C[C@H]1Cc1ccccc12. The maximum absolute atomic E-state index is 2.53. The van der Waals surface area contributed by atoms with E-state index in [1.807, 2.05) is 0 Å². The number of benzene rings is 1. The minimum atomic E-state index is 0.809. The maximum atomic E-state index is 2.53. The fourth-order valence-electron chi connectivity index (χ4n) is 3.06. The van der Waals surface area contributed by atoms with Crippen molar-refractivity contribution in [3.8, 4) is 0 Å². The van der Waals surface area contributed by atoms with Crippen molar-refractivity contribution in [2.75, 3.05) is 13.6 Å². The summed E-state index contributed by atoms with van der Waals surface area (Å²) in [5.41, 5.74) is 3.23. The minimum Gasteiger partial charge on any atom is -0.303 e. The Labute approximate surface area is 85.7 Å². The third-order valence-electron chi connectivity index (χ3n) is 3.96. The van der Waals surface area contributed by atoms with Crippen LogP contribution in [0, 0.1) is 0 Å². The van der Waals surface area contributed by atoms with Gasteiger partial charge in [-0.25, -0.2) is 0 Å². The van der Waals surface area contributed by atoms with E-state index in [0.29, 0.717) is 0 Å². The maximum Gasteiger partial charge on any atom is 0.0138 e. The number of fused-ring (bicyclic) bond motifs is 4. The van der Waals surface area contributed by atoms with Gasteiger partial charge in [0.2, 0.25) is 0 Å². The third-order valence-corrected chi connectivity index (χ3v) is 3.96. The molecule has 0 aromatic heterocycles. The first-order valence-electron chi connectivity index (χ1n) is 5.62. The second-order valence-corrected chi connectivity index (χ2v) is 4.76. The molecule has 0 saturated carbocycles. The lowest BCUT2D eigenvalue weighted by Gasteiger charge is -2.42. The van der Waals surface area contributed by atoms with Crippen molar-refractivity contribution < 1.29 is 0 Å². The van der Waals surface area contributed by atoms with Gasteiger partial charge in [0.15, 0.2) is 0 Å². The Kier molecular flexibility index (Phi) is 1.88. The van der Waals surface area contributed by atoms with Crippen molar-refractivity contribution in [3.05, 3.63) is 35.4 Å². The van der Waals surface area contributed by atoms with E-state index in [9.17, 15) is 0 Å². The summed E-state index contributed by atoms with van der Waals surface area (Å²) in [6, 6.07) is 9.83. The largest absolute Gasteiger partial charge is 0.303 e. The van der Waals surface area contributed by atoms with Crippen LogP contribution in [0.2, 0.25) is 0 Å². The van der Waals surface area contributed by atoms with Crippen LogP contribution in [-0.2, 0) is 6.42 Å². The van der Waals surface area contributed by atoms with Crippen LogP contribution in [0.1, 0.15) is 29.9 Å². The molecule has 0 radical (unpaired) electrons. The van der Waals surface area contributed by atoms with E-state index < -0.39 is 0 Å². The van der Waals surface area contributed by atoms with Crippen LogP contribution in [0.25, 0.3) is 0 Å². The lowest BCUT2D eigenvalue weighted by Crippen LogP contribution is -2.43. The molecule has 3 rings (SSSR count). The molecular formula is C13H17N. The summed E-state index contributed by atoms with van der Waals surface area (Å²) in [7, 11) is 2.27. The molecule has 1 aromatic rings. The monoisotopic (exact) mass is 187 g/mol. The van der Waals surface area contributed by atoms with Crippen molar-refractivity contribution in [2.24, 2.45) is 0 Å². The highest BCUT2D eigenvalue weighted by Crippen LogP contribution is 2.38. The Bertz CT molecular complexity index is 345. The first kappa shape index (κ1) is 8.49. The molecule has 1 saturated heterocycles. The summed E-state index contributed by atoms with van der Waals surface area (Å²) in [5, 5.41) is 0. The van der Waals surface area contributed by atoms with Crippen molar-refractivity contribution in [3.63, 3.8) is 0 Å². The van der Waals surface area contributed by atoms with Crippen LogP contribution in [0.15, 0.2) is 24.3 Å². The molecule has 2 bridgehead atoms. The smallest absolute Gasteiger partial charge is 0.0138 e. The zero-order chi connectivity index (χ0) is 9.54. The second-order valence-electron chi connectivity index (χ2n) is 4.76. The van der Waals surface area contributed by atoms with Gasteiger partial charge in [-0.2, -0.15) is 0 Å². The normalized spacial score (nSPS) is 31.2. The number of rotatable bonds is 0. The van der Waals surface area contributed by atoms with Gasteiger partial charge in [-0.1, -0.05) is 24.3 Å². The number of likely N-dealkylation sites (N-methyl/N-ethyl adjacent to an activating group) is 1. The molecule has 1 aliphatic heterocycles. The fourth-order valence-corrected chi connectivity index (χ4v) is 3.06. The Morgan fingerprint density at radius 3 is 3.07 bits per heavy atom. The number of hydrogen-bond acceptors (Lipinski definition) is 1. The van der Waals surface area contributed by atoms with E-state index in [1.54, 1.807) is 11.1 Å². The fraction of sp³-hybridized carbons (Fsp3) is 0.538. The molecule has 0 N–H and O–H groups in total. The van der Waals surface area contributed by atoms with Crippen molar-refractivity contribution in [1.82, 2.24) is 4.90 Å². The molecule has 1 heterocycles. The summed E-state index contributed by atoms with van der Waals surface area (Å²) >= 11 is 0. The molecule has 14 heavy (non-hydrogen) atoms. The molecule has 0 spiro atoms. The van der Waals surface area contributed by atoms with Gasteiger partial charge in [-0.15, -0.1) is 0 Å². The van der Waals surface area contributed by atoms with Gasteiger partial charge in [0.1, 0.15) is 0 Å². The summed E-state index contributed by atoms with van der Waals surface area (Å²) in [5.74, 6) is 0.848. The first-order valence-corrected chi connectivity index (χ1v) is 5.62. The van der Waals surface area contributed by atoms with Crippen molar-refractivity contribution >= 4 is 0 Å². The molecule has 2 aliphatic rings. The van der Waals surface area contributed by atoms with Gasteiger partial charge >= 0.3 is 0 Å². The summed E-state index contributed by atoms with van der Waals surface area (Å²) in [6.45, 7) is 1.28. The highest BCUT2D eigenvalue weighted by atomic mass is 15.1. The lowest BCUT2D eigenvalue weighted by atomic mass is 9.75. The van der Waals surface area contributed by atoms with E-state index in [2.05, 4.69) is 36.2 Å². The third kappa shape index (κ3) is 1.19. The summed E-state index contributed by atoms with van der Waals surface area (Å²) < 4.78 is 0. The van der Waals surface area contributed by atoms with Gasteiger partial charge in [-0.3, -0.25) is 0 Å². The average molecular weight is 187 g/mol. The number of likely N-dealkylation sites (tertiary alicyclic amines) is 1. The van der Waals surface area contributed by atoms with Gasteiger partial charge < -0.3 is 4.90 Å². The van der Waals surface area contributed by atoms with Gasteiger partial charge in [0.05, 0.1) is 0 Å². The molecule has 1 nitrogen and oxygen atoms in total. The van der Waals surface area contributed by atoms with Crippen molar-refractivity contribution in [1.29, 1.82) is 0 Å². The Balaban J connectivity index is 2.02. The Hall–Kier alpha value is -0.820. The van der Waals surface area contributed by atoms with E-state index >= 15 is 0 Å². The second kappa shape index (κ2) is 3.09. The number of piperidine rings is 1. The highest BCUT2D eigenvalue weighted by molar-refractivity contribution is 5.34. The van der Waals surface area contributed by atoms with E-state index in [0.717, 1.165) is 12.0 Å². The Morgan fingerprint density at radius 1 is 1.29 bits per heavy atom. The van der Waals surface area contributed by atoms with Gasteiger partial charge in [0, 0.05) is 6.04 Å². The van der Waals surface area contributed by atoms with Crippen molar-refractivity contribution in [2.45, 2.75) is 31.2 Å². The topological polar surface area (TPSA) is 3.24 Å². The summed E-state index contributed by atoms with van der Waals surface area (Å²) in [4.78, 5) is 2.53. The molecule has 0 amide bonds. The van der Waals surface area contributed by atoms with Crippen LogP contribution >= 0.6 is 0 Å². The highest BCUT2D eigenvalue weighted by Gasteiger charge is 2.32. The summed E-state index contributed by atoms with van der Waals surface area (Å²) in [6.07, 6.45) is 4.00. The molecule has 0 unspecified atom stereocenters. The molecule has 1 aromatic carbocycles. The van der Waals surface area contributed by atoms with Crippen LogP contribution in [0.3, 0.4) is 0 Å². The van der Waals surface area contributed by atoms with Gasteiger partial charge in [-0.05, 0) is 49.9 Å². The van der Waals surface area contributed by atoms with Gasteiger partial charge in [0.25, 0.3) is 0 Å². The van der Waals surface area contributed by atoms with Crippen LogP contribution in [0.5, 0.6) is 0 Å². The standard InChI is InChI=1S/C13H17N/c1-14-7-6-11-9-12(14)8-10-4-2-3-5-13(10)11/h2-5,11-12H,6-9H2,1H3/t11-,12-/m1/s1. The minimum absolute atomic E-state index is 0.809. The molecule has 2 atom stereocenters. The van der Waals surface area contributed by atoms with E-state index in [4.69, 9.17) is 0 Å². The van der Waals surface area contributed by atoms with E-state index in [1.165, 1.54) is 25.8 Å². The predicted octanol–water partition coefficient (Wildman–Crippen LogP) is 2.42. The molecule has 1 heteroatoms. The van der Waals surface area contributed by atoms with Crippen LogP contribution in [0.4, 0.5) is 0 Å². The average Bonchev–Trinajstić information content (AvgIpc) is 2.24. The van der Waals surface area contributed by atoms with Crippen LogP contribution < -0.4 is 0 Å². The zero-order valence-electron chi connectivity index (χ0n) is 8.74. The first-order chi connectivity index (χ1) is 6.84. The zero-order valence-corrected chi connectivity index (χ0v) is 8.74.